The number of nitrogens with one attached hydrogen (secondary N) is 2. The zero-order valence-electron chi connectivity index (χ0n) is 16.4. The molecule has 0 aliphatic carbocycles. The molecule has 8 nitrogen and oxygen atoms in total. The summed E-state index contributed by atoms with van der Waals surface area (Å²) in [4.78, 5) is 16.5. The predicted octanol–water partition coefficient (Wildman–Crippen LogP) is 2.79. The van der Waals surface area contributed by atoms with E-state index >= 15 is 0 Å². The second-order valence-electron chi connectivity index (χ2n) is 6.83. The van der Waals surface area contributed by atoms with Gasteiger partial charge in [0.15, 0.2) is 9.84 Å². The van der Waals surface area contributed by atoms with Gasteiger partial charge in [-0.15, -0.1) is 0 Å². The largest absolute Gasteiger partial charge is 0.332 e. The van der Waals surface area contributed by atoms with Crippen LogP contribution >= 0.6 is 0 Å². The average Bonchev–Trinajstić information content (AvgIpc) is 3.22. The Bertz CT molecular complexity index is 1060. The van der Waals surface area contributed by atoms with Gasteiger partial charge >= 0.3 is 6.03 Å². The number of carbonyl (C=O) groups excluding carboxylic acids is 1. The van der Waals surface area contributed by atoms with Crippen LogP contribution in [0.2, 0.25) is 0 Å². The number of nitrogens with zero attached hydrogens (tertiary/aromatic N) is 3. The number of urea groups is 1. The quantitative estimate of drug-likeness (QED) is 0.646. The Kier molecular flexibility index (Phi) is 5.97. The summed E-state index contributed by atoms with van der Waals surface area (Å²) in [6.45, 7) is 3.74. The lowest BCUT2D eigenvalue weighted by Gasteiger charge is -2.19. The maximum Gasteiger partial charge on any atom is 0.315 e. The summed E-state index contributed by atoms with van der Waals surface area (Å²) in [6.07, 6.45) is 4.25. The van der Waals surface area contributed by atoms with Crippen molar-refractivity contribution >= 4 is 15.9 Å². The monoisotopic (exact) mass is 413 g/mol. The zero-order valence-corrected chi connectivity index (χ0v) is 17.2. The van der Waals surface area contributed by atoms with Crippen LogP contribution in [0.15, 0.2) is 66.1 Å². The van der Waals surface area contributed by atoms with Gasteiger partial charge < -0.3 is 10.6 Å². The first-order valence-electron chi connectivity index (χ1n) is 9.06. The van der Waals surface area contributed by atoms with E-state index in [2.05, 4.69) is 20.7 Å². The van der Waals surface area contributed by atoms with Crippen molar-refractivity contribution in [3.05, 3.63) is 72.3 Å². The van der Waals surface area contributed by atoms with E-state index < -0.39 is 9.84 Å². The zero-order chi connectivity index (χ0) is 21.0. The highest BCUT2D eigenvalue weighted by Gasteiger charge is 2.14. The van der Waals surface area contributed by atoms with E-state index in [0.717, 1.165) is 23.1 Å². The van der Waals surface area contributed by atoms with Crippen molar-refractivity contribution in [3.63, 3.8) is 0 Å². The second kappa shape index (κ2) is 8.44. The third-order valence-corrected chi connectivity index (χ3v) is 5.71. The molecule has 2 atom stereocenters. The van der Waals surface area contributed by atoms with Crippen molar-refractivity contribution in [1.82, 2.24) is 25.4 Å². The molecule has 29 heavy (non-hydrogen) atoms. The fraction of sp³-hybridized carbons (Fsp3) is 0.250. The topological polar surface area (TPSA) is 106 Å². The molecule has 152 valence electrons. The van der Waals surface area contributed by atoms with E-state index in [1.165, 1.54) is 6.33 Å². The van der Waals surface area contributed by atoms with Crippen LogP contribution in [-0.2, 0) is 9.84 Å². The summed E-state index contributed by atoms with van der Waals surface area (Å²) in [7, 11) is -3.24. The van der Waals surface area contributed by atoms with Gasteiger partial charge in [-0.05, 0) is 49.2 Å². The first-order chi connectivity index (χ1) is 13.7. The molecule has 0 spiro atoms. The SMILES string of the molecule is CC(NC(=O)NC(C)c1ccc(S(C)(=O)=O)cc1)c1ccc(-n2cncn2)cc1. The first-order valence-corrected chi connectivity index (χ1v) is 10.9. The smallest absolute Gasteiger partial charge is 0.315 e. The average molecular weight is 414 g/mol. The minimum absolute atomic E-state index is 0.195. The van der Waals surface area contributed by atoms with Crippen LogP contribution in [0.25, 0.3) is 5.69 Å². The highest BCUT2D eigenvalue weighted by molar-refractivity contribution is 7.90. The molecule has 0 saturated heterocycles. The van der Waals surface area contributed by atoms with E-state index in [1.807, 2.05) is 38.1 Å². The fourth-order valence-electron chi connectivity index (χ4n) is 2.86. The maximum atomic E-state index is 12.3. The second-order valence-corrected chi connectivity index (χ2v) is 8.85. The van der Waals surface area contributed by atoms with E-state index in [0.29, 0.717) is 0 Å². The Labute approximate surface area is 169 Å². The molecular formula is C20H23N5O3S. The number of benzene rings is 2. The molecule has 1 heterocycles. The molecule has 0 aliphatic rings. The van der Waals surface area contributed by atoms with E-state index in [4.69, 9.17) is 0 Å². The number of rotatable bonds is 6. The molecule has 2 N–H and O–H groups in total. The number of hydrogen-bond acceptors (Lipinski definition) is 5. The number of amides is 2. The van der Waals surface area contributed by atoms with Crippen LogP contribution < -0.4 is 10.6 Å². The first kappa shape index (κ1) is 20.5. The molecule has 2 aromatic carbocycles. The van der Waals surface area contributed by atoms with Gasteiger partial charge in [0.1, 0.15) is 12.7 Å². The van der Waals surface area contributed by atoms with Crippen LogP contribution in [0.5, 0.6) is 0 Å². The molecule has 3 aromatic rings. The lowest BCUT2D eigenvalue weighted by atomic mass is 10.1. The number of sulfone groups is 1. The van der Waals surface area contributed by atoms with Gasteiger partial charge in [-0.3, -0.25) is 0 Å². The molecule has 0 fully saturated rings. The van der Waals surface area contributed by atoms with Crippen molar-refractivity contribution in [2.75, 3.05) is 6.26 Å². The van der Waals surface area contributed by atoms with Crippen molar-refractivity contribution in [2.45, 2.75) is 30.8 Å². The van der Waals surface area contributed by atoms with E-state index in [-0.39, 0.29) is 23.0 Å². The summed E-state index contributed by atoms with van der Waals surface area (Å²) in [5.41, 5.74) is 2.65. The van der Waals surface area contributed by atoms with Gasteiger partial charge in [-0.1, -0.05) is 24.3 Å². The molecule has 1 aromatic heterocycles. The van der Waals surface area contributed by atoms with Gasteiger partial charge in [0.2, 0.25) is 0 Å². The Morgan fingerprint density at radius 3 is 1.90 bits per heavy atom. The summed E-state index contributed by atoms with van der Waals surface area (Å²) in [5.74, 6) is 0. The third kappa shape index (κ3) is 5.20. The summed E-state index contributed by atoms with van der Waals surface area (Å²) >= 11 is 0. The molecular weight excluding hydrogens is 390 g/mol. The summed E-state index contributed by atoms with van der Waals surface area (Å²) in [6, 6.07) is 13.4. The minimum Gasteiger partial charge on any atom is -0.332 e. The predicted molar refractivity (Wildman–Crippen MR) is 109 cm³/mol. The molecule has 0 saturated carbocycles. The highest BCUT2D eigenvalue weighted by atomic mass is 32.2. The van der Waals surface area contributed by atoms with Gasteiger partial charge in [0.25, 0.3) is 0 Å². The normalized spacial score (nSPS) is 13.5. The molecule has 2 amide bonds. The van der Waals surface area contributed by atoms with Gasteiger partial charge in [-0.2, -0.15) is 5.10 Å². The molecule has 9 heteroatoms. The van der Waals surface area contributed by atoms with Crippen LogP contribution in [0.1, 0.15) is 37.1 Å². The van der Waals surface area contributed by atoms with Gasteiger partial charge in [0, 0.05) is 6.26 Å². The molecule has 0 radical (unpaired) electrons. The van der Waals surface area contributed by atoms with Crippen LogP contribution in [0, 0.1) is 0 Å². The fourth-order valence-corrected chi connectivity index (χ4v) is 3.49. The van der Waals surface area contributed by atoms with Crippen molar-refractivity contribution in [1.29, 1.82) is 0 Å². The Hall–Kier alpha value is -3.20. The number of hydrogen-bond donors (Lipinski definition) is 2. The van der Waals surface area contributed by atoms with Crippen molar-refractivity contribution in [3.8, 4) is 5.69 Å². The number of carbonyl (C=O) groups is 1. The highest BCUT2D eigenvalue weighted by Crippen LogP contribution is 2.18. The third-order valence-electron chi connectivity index (χ3n) is 4.58. The van der Waals surface area contributed by atoms with Crippen LogP contribution in [-0.4, -0.2) is 35.5 Å². The van der Waals surface area contributed by atoms with Crippen LogP contribution in [0.4, 0.5) is 4.79 Å². The van der Waals surface area contributed by atoms with Gasteiger partial charge in [0.05, 0.1) is 22.7 Å². The summed E-state index contributed by atoms with van der Waals surface area (Å²) < 4.78 is 24.8. The molecule has 0 aliphatic heterocycles. The van der Waals surface area contributed by atoms with E-state index in [1.54, 1.807) is 35.3 Å². The molecule has 3 rings (SSSR count). The van der Waals surface area contributed by atoms with Crippen molar-refractivity contribution in [2.24, 2.45) is 0 Å². The Morgan fingerprint density at radius 1 is 0.931 bits per heavy atom. The van der Waals surface area contributed by atoms with E-state index in [9.17, 15) is 13.2 Å². The standard InChI is InChI=1S/C20H23N5O3S/c1-14(16-4-8-18(9-5-16)25-13-21-12-22-25)23-20(26)24-15(2)17-6-10-19(11-7-17)29(3,27)28/h4-15H,1-3H3,(H2,23,24,26). The Balaban J connectivity index is 1.58. The lowest BCUT2D eigenvalue weighted by Crippen LogP contribution is -2.38. The van der Waals surface area contributed by atoms with Crippen LogP contribution in [0.3, 0.4) is 0 Å². The molecule has 2 unspecified atom stereocenters. The lowest BCUT2D eigenvalue weighted by molar-refractivity contribution is 0.235. The Morgan fingerprint density at radius 2 is 1.45 bits per heavy atom. The number of aromatic nitrogens is 3. The maximum absolute atomic E-state index is 12.3. The minimum atomic E-state index is -3.24. The molecule has 0 bridgehead atoms. The van der Waals surface area contributed by atoms with Gasteiger partial charge in [-0.25, -0.2) is 22.9 Å². The van der Waals surface area contributed by atoms with Crippen molar-refractivity contribution < 1.29 is 13.2 Å². The summed E-state index contributed by atoms with van der Waals surface area (Å²) in [5, 5.41) is 9.85.